The van der Waals surface area contributed by atoms with Crippen molar-refractivity contribution in [3.05, 3.63) is 35.7 Å². The molecule has 0 unspecified atom stereocenters. The van der Waals surface area contributed by atoms with Gasteiger partial charge in [0, 0.05) is 13.5 Å². The Morgan fingerprint density at radius 3 is 2.71 bits per heavy atom. The minimum atomic E-state index is 0.322. The SMILES string of the molecule is COc1ccccc1CCc1nc(N)nn1C. The van der Waals surface area contributed by atoms with Crippen LogP contribution in [0.1, 0.15) is 11.4 Å². The minimum Gasteiger partial charge on any atom is -0.496 e. The van der Waals surface area contributed by atoms with E-state index >= 15 is 0 Å². The van der Waals surface area contributed by atoms with Crippen LogP contribution in [-0.2, 0) is 19.9 Å². The van der Waals surface area contributed by atoms with Crippen LogP contribution in [0.25, 0.3) is 0 Å². The predicted molar refractivity (Wildman–Crippen MR) is 65.8 cm³/mol. The molecule has 90 valence electrons. The first-order chi connectivity index (χ1) is 8.20. The Balaban J connectivity index is 2.09. The van der Waals surface area contributed by atoms with Gasteiger partial charge in [-0.15, -0.1) is 5.10 Å². The molecule has 0 saturated carbocycles. The van der Waals surface area contributed by atoms with Crippen molar-refractivity contribution in [3.63, 3.8) is 0 Å². The summed E-state index contributed by atoms with van der Waals surface area (Å²) < 4.78 is 7.01. The van der Waals surface area contributed by atoms with E-state index in [1.807, 2.05) is 25.2 Å². The number of hydrogen-bond acceptors (Lipinski definition) is 4. The molecule has 0 spiro atoms. The molecule has 0 fully saturated rings. The van der Waals surface area contributed by atoms with Crippen LogP contribution in [0.4, 0.5) is 5.95 Å². The van der Waals surface area contributed by atoms with Gasteiger partial charge in [-0.05, 0) is 18.1 Å². The number of anilines is 1. The highest BCUT2D eigenvalue weighted by atomic mass is 16.5. The Morgan fingerprint density at radius 1 is 1.29 bits per heavy atom. The molecule has 0 aliphatic heterocycles. The number of methoxy groups -OCH3 is 1. The lowest BCUT2D eigenvalue weighted by Gasteiger charge is -2.07. The zero-order valence-electron chi connectivity index (χ0n) is 10.1. The van der Waals surface area contributed by atoms with Crippen LogP contribution < -0.4 is 10.5 Å². The van der Waals surface area contributed by atoms with E-state index in [1.54, 1.807) is 11.8 Å². The fraction of sp³-hybridized carbons (Fsp3) is 0.333. The molecule has 1 aromatic heterocycles. The van der Waals surface area contributed by atoms with E-state index in [-0.39, 0.29) is 0 Å². The van der Waals surface area contributed by atoms with Crippen molar-refractivity contribution < 1.29 is 4.74 Å². The average molecular weight is 232 g/mol. The van der Waals surface area contributed by atoms with Gasteiger partial charge in [-0.3, -0.25) is 4.68 Å². The molecule has 0 amide bonds. The third-order valence-electron chi connectivity index (χ3n) is 2.68. The van der Waals surface area contributed by atoms with Gasteiger partial charge in [-0.1, -0.05) is 18.2 Å². The van der Waals surface area contributed by atoms with Crippen LogP contribution in [0.15, 0.2) is 24.3 Å². The topological polar surface area (TPSA) is 66.0 Å². The van der Waals surface area contributed by atoms with Crippen LogP contribution in [0, 0.1) is 0 Å². The lowest BCUT2D eigenvalue weighted by Crippen LogP contribution is -2.02. The van der Waals surface area contributed by atoms with Crippen LogP contribution in [0.3, 0.4) is 0 Å². The second kappa shape index (κ2) is 4.86. The van der Waals surface area contributed by atoms with Gasteiger partial charge in [0.25, 0.3) is 0 Å². The van der Waals surface area contributed by atoms with E-state index < -0.39 is 0 Å². The Bertz CT molecular complexity index is 507. The molecular weight excluding hydrogens is 216 g/mol. The highest BCUT2D eigenvalue weighted by molar-refractivity contribution is 5.33. The summed E-state index contributed by atoms with van der Waals surface area (Å²) in [7, 11) is 3.53. The van der Waals surface area contributed by atoms with Gasteiger partial charge in [0.15, 0.2) is 0 Å². The quantitative estimate of drug-likeness (QED) is 0.860. The van der Waals surface area contributed by atoms with Gasteiger partial charge >= 0.3 is 0 Å². The van der Waals surface area contributed by atoms with E-state index in [0.29, 0.717) is 5.95 Å². The van der Waals surface area contributed by atoms with Crippen molar-refractivity contribution >= 4 is 5.95 Å². The summed E-state index contributed by atoms with van der Waals surface area (Å²) in [5.74, 6) is 2.11. The Morgan fingerprint density at radius 2 is 2.06 bits per heavy atom. The van der Waals surface area contributed by atoms with Crippen LogP contribution in [0.5, 0.6) is 5.75 Å². The molecule has 17 heavy (non-hydrogen) atoms. The number of nitrogen functional groups attached to an aromatic ring is 1. The van der Waals surface area contributed by atoms with Crippen molar-refractivity contribution in [1.82, 2.24) is 14.8 Å². The molecule has 2 aromatic rings. The zero-order valence-corrected chi connectivity index (χ0v) is 10.1. The summed E-state index contributed by atoms with van der Waals surface area (Å²) >= 11 is 0. The van der Waals surface area contributed by atoms with E-state index in [2.05, 4.69) is 16.1 Å². The second-order valence-electron chi connectivity index (χ2n) is 3.82. The Hall–Kier alpha value is -2.04. The summed E-state index contributed by atoms with van der Waals surface area (Å²) in [6.45, 7) is 0. The summed E-state index contributed by atoms with van der Waals surface area (Å²) in [5, 5.41) is 4.02. The lowest BCUT2D eigenvalue weighted by molar-refractivity contribution is 0.409. The van der Waals surface area contributed by atoms with Gasteiger partial charge in [-0.25, -0.2) is 0 Å². The number of para-hydroxylation sites is 1. The van der Waals surface area contributed by atoms with E-state index in [1.165, 1.54) is 0 Å². The van der Waals surface area contributed by atoms with Crippen molar-refractivity contribution in [2.75, 3.05) is 12.8 Å². The van der Waals surface area contributed by atoms with Crippen molar-refractivity contribution in [2.24, 2.45) is 7.05 Å². The first kappa shape index (κ1) is 11.4. The normalized spacial score (nSPS) is 10.5. The Kier molecular flexibility index (Phi) is 3.27. The van der Waals surface area contributed by atoms with Gasteiger partial charge in [0.1, 0.15) is 11.6 Å². The fourth-order valence-corrected chi connectivity index (χ4v) is 1.81. The van der Waals surface area contributed by atoms with Crippen LogP contribution in [-0.4, -0.2) is 21.9 Å². The maximum atomic E-state index is 5.54. The molecule has 1 aromatic carbocycles. The smallest absolute Gasteiger partial charge is 0.239 e. The van der Waals surface area contributed by atoms with Gasteiger partial charge in [0.2, 0.25) is 5.95 Å². The van der Waals surface area contributed by atoms with Crippen LogP contribution in [0.2, 0.25) is 0 Å². The molecule has 5 heteroatoms. The van der Waals surface area contributed by atoms with E-state index in [9.17, 15) is 0 Å². The Labute approximate surface area is 100 Å². The highest BCUT2D eigenvalue weighted by Gasteiger charge is 2.07. The molecule has 0 aliphatic carbocycles. The van der Waals surface area contributed by atoms with Gasteiger partial charge in [-0.2, -0.15) is 4.98 Å². The maximum Gasteiger partial charge on any atom is 0.239 e. The molecule has 2 N–H and O–H groups in total. The largest absolute Gasteiger partial charge is 0.496 e. The highest BCUT2D eigenvalue weighted by Crippen LogP contribution is 2.19. The number of hydrogen-bond donors (Lipinski definition) is 1. The summed E-state index contributed by atoms with van der Waals surface area (Å²) in [5.41, 5.74) is 6.70. The summed E-state index contributed by atoms with van der Waals surface area (Å²) in [6.07, 6.45) is 1.65. The number of rotatable bonds is 4. The number of ether oxygens (including phenoxy) is 1. The molecular formula is C12H16N4O. The summed E-state index contributed by atoms with van der Waals surface area (Å²) in [4.78, 5) is 4.17. The first-order valence-electron chi connectivity index (χ1n) is 5.48. The molecule has 5 nitrogen and oxygen atoms in total. The predicted octanol–water partition coefficient (Wildman–Crippen LogP) is 1.19. The maximum absolute atomic E-state index is 5.54. The lowest BCUT2D eigenvalue weighted by atomic mass is 10.1. The molecule has 0 atom stereocenters. The average Bonchev–Trinajstić information content (AvgIpc) is 2.65. The van der Waals surface area contributed by atoms with Crippen molar-refractivity contribution in [1.29, 1.82) is 0 Å². The van der Waals surface area contributed by atoms with E-state index in [0.717, 1.165) is 30.0 Å². The number of aromatic nitrogens is 3. The third kappa shape index (κ3) is 2.55. The molecule has 0 saturated heterocycles. The molecule has 0 aliphatic rings. The number of aryl methyl sites for hydroxylation is 3. The van der Waals surface area contributed by atoms with Gasteiger partial charge < -0.3 is 10.5 Å². The number of nitrogens with two attached hydrogens (primary N) is 1. The molecule has 2 rings (SSSR count). The standard InChI is InChI=1S/C12H16N4O/c1-16-11(14-12(13)15-16)8-7-9-5-3-4-6-10(9)17-2/h3-6H,7-8H2,1-2H3,(H2,13,15). The minimum absolute atomic E-state index is 0.322. The monoisotopic (exact) mass is 232 g/mol. The van der Waals surface area contributed by atoms with Crippen LogP contribution >= 0.6 is 0 Å². The number of nitrogens with zero attached hydrogens (tertiary/aromatic N) is 3. The molecule has 1 heterocycles. The zero-order chi connectivity index (χ0) is 12.3. The number of benzene rings is 1. The second-order valence-corrected chi connectivity index (χ2v) is 3.82. The van der Waals surface area contributed by atoms with Crippen molar-refractivity contribution in [2.45, 2.75) is 12.8 Å². The fourth-order valence-electron chi connectivity index (χ4n) is 1.81. The molecule has 0 radical (unpaired) electrons. The van der Waals surface area contributed by atoms with Gasteiger partial charge in [0.05, 0.1) is 7.11 Å². The summed E-state index contributed by atoms with van der Waals surface area (Å²) in [6, 6.07) is 7.98. The first-order valence-corrected chi connectivity index (χ1v) is 5.48. The molecule has 0 bridgehead atoms. The third-order valence-corrected chi connectivity index (χ3v) is 2.68. The van der Waals surface area contributed by atoms with Crippen molar-refractivity contribution in [3.8, 4) is 5.75 Å². The van der Waals surface area contributed by atoms with E-state index in [4.69, 9.17) is 10.5 Å².